The van der Waals surface area contributed by atoms with E-state index in [9.17, 15) is 0 Å². The van der Waals surface area contributed by atoms with Crippen molar-refractivity contribution >= 4 is 44.0 Å². The lowest BCUT2D eigenvalue weighted by molar-refractivity contribution is 0.281. The minimum absolute atomic E-state index is 0.0151. The predicted octanol–water partition coefficient (Wildman–Crippen LogP) is 2.87. The highest BCUT2D eigenvalue weighted by Gasteiger charge is 2.10. The highest BCUT2D eigenvalue weighted by molar-refractivity contribution is 14.1. The summed E-state index contributed by atoms with van der Waals surface area (Å²) in [6.45, 7) is -0.0151. The van der Waals surface area contributed by atoms with Crippen LogP contribution in [0.2, 0.25) is 0 Å². The van der Waals surface area contributed by atoms with Crippen molar-refractivity contribution in [2.75, 3.05) is 0 Å². The molecule has 0 aliphatic heterocycles. The molecule has 0 spiro atoms. The Balaban J connectivity index is 2.89. The van der Waals surface area contributed by atoms with E-state index in [1.165, 1.54) is 0 Å². The van der Waals surface area contributed by atoms with Crippen LogP contribution in [0.25, 0.3) is 10.1 Å². The van der Waals surface area contributed by atoms with Crippen molar-refractivity contribution in [2.24, 2.45) is 0 Å². The summed E-state index contributed by atoms with van der Waals surface area (Å²) < 4.78 is 2.05. The van der Waals surface area contributed by atoms with Crippen LogP contribution in [0.1, 0.15) is 11.1 Å². The molecule has 14 heavy (non-hydrogen) atoms. The zero-order valence-electron chi connectivity index (χ0n) is 7.12. The normalized spacial score (nSPS) is 10.4. The Morgan fingerprint density at radius 1 is 1.57 bits per heavy atom. The number of halogens is 1. The van der Waals surface area contributed by atoms with Crippen molar-refractivity contribution in [3.05, 3.63) is 32.2 Å². The number of aliphatic hydroxyl groups is 1. The molecule has 2 nitrogen and oxygen atoms in total. The first-order valence-electron chi connectivity index (χ1n) is 3.97. The molecule has 70 valence electrons. The van der Waals surface area contributed by atoms with E-state index in [0.29, 0.717) is 5.56 Å². The molecule has 0 radical (unpaired) electrons. The number of hydrogen-bond acceptors (Lipinski definition) is 3. The van der Waals surface area contributed by atoms with E-state index in [0.717, 1.165) is 19.2 Å². The summed E-state index contributed by atoms with van der Waals surface area (Å²) in [4.78, 5) is 0. The quantitative estimate of drug-likeness (QED) is 0.823. The van der Waals surface area contributed by atoms with Crippen LogP contribution in [0.5, 0.6) is 0 Å². The van der Waals surface area contributed by atoms with Gasteiger partial charge in [-0.15, -0.1) is 11.3 Å². The maximum Gasteiger partial charge on any atom is 0.101 e. The van der Waals surface area contributed by atoms with Gasteiger partial charge in [0, 0.05) is 8.96 Å². The number of rotatable bonds is 1. The van der Waals surface area contributed by atoms with Crippen molar-refractivity contribution in [1.29, 1.82) is 5.26 Å². The van der Waals surface area contributed by atoms with Gasteiger partial charge in [0.05, 0.1) is 16.9 Å². The second-order valence-corrected chi connectivity index (χ2v) is 4.83. The Morgan fingerprint density at radius 2 is 2.36 bits per heavy atom. The first-order chi connectivity index (χ1) is 6.77. The minimum atomic E-state index is -0.0151. The van der Waals surface area contributed by atoms with Crippen LogP contribution < -0.4 is 0 Å². The lowest BCUT2D eigenvalue weighted by Gasteiger charge is -2.03. The molecule has 0 aliphatic rings. The van der Waals surface area contributed by atoms with Crippen molar-refractivity contribution in [2.45, 2.75) is 6.61 Å². The third-order valence-electron chi connectivity index (χ3n) is 2.04. The van der Waals surface area contributed by atoms with E-state index in [2.05, 4.69) is 28.7 Å². The summed E-state index contributed by atoms with van der Waals surface area (Å²) in [5.41, 5.74) is 1.48. The number of aliphatic hydroxyl groups excluding tert-OH is 1. The molecule has 1 aromatic heterocycles. The second-order valence-electron chi connectivity index (χ2n) is 2.83. The highest BCUT2D eigenvalue weighted by Crippen LogP contribution is 2.31. The number of thiophene rings is 1. The SMILES string of the molecule is N#Cc1cc(CO)c(I)c2ccsc12. The third-order valence-corrected chi connectivity index (χ3v) is 4.26. The molecule has 2 rings (SSSR count). The maximum absolute atomic E-state index is 9.12. The van der Waals surface area contributed by atoms with Crippen LogP contribution in [0.3, 0.4) is 0 Å². The van der Waals surface area contributed by atoms with Crippen LogP contribution in [-0.4, -0.2) is 5.11 Å². The first kappa shape index (κ1) is 9.90. The topological polar surface area (TPSA) is 44.0 Å². The number of hydrogen-bond donors (Lipinski definition) is 1. The van der Waals surface area contributed by atoms with Gasteiger partial charge < -0.3 is 5.11 Å². The van der Waals surface area contributed by atoms with Crippen molar-refractivity contribution < 1.29 is 5.11 Å². The molecule has 0 atom stereocenters. The monoisotopic (exact) mass is 315 g/mol. The Morgan fingerprint density at radius 3 is 3.00 bits per heavy atom. The molecule has 0 bridgehead atoms. The molecule has 0 saturated carbocycles. The van der Waals surface area contributed by atoms with E-state index in [-0.39, 0.29) is 6.61 Å². The maximum atomic E-state index is 9.12. The van der Waals surface area contributed by atoms with Crippen molar-refractivity contribution in [1.82, 2.24) is 0 Å². The fraction of sp³-hybridized carbons (Fsp3) is 0.100. The van der Waals surface area contributed by atoms with Gasteiger partial charge in [0.2, 0.25) is 0 Å². The van der Waals surface area contributed by atoms with Gasteiger partial charge in [-0.25, -0.2) is 0 Å². The van der Waals surface area contributed by atoms with E-state index >= 15 is 0 Å². The molecule has 4 heteroatoms. The summed E-state index contributed by atoms with van der Waals surface area (Å²) in [5.74, 6) is 0. The van der Waals surface area contributed by atoms with Crippen LogP contribution >= 0.6 is 33.9 Å². The lowest BCUT2D eigenvalue weighted by atomic mass is 10.1. The second kappa shape index (κ2) is 3.85. The van der Waals surface area contributed by atoms with Gasteiger partial charge in [-0.2, -0.15) is 5.26 Å². The van der Waals surface area contributed by atoms with Gasteiger partial charge in [-0.05, 0) is 45.7 Å². The third kappa shape index (κ3) is 1.41. The fourth-order valence-electron chi connectivity index (χ4n) is 1.36. The van der Waals surface area contributed by atoms with Crippen LogP contribution in [0.15, 0.2) is 17.5 Å². The summed E-state index contributed by atoms with van der Waals surface area (Å²) in [6, 6.07) is 5.91. The van der Waals surface area contributed by atoms with Crippen LogP contribution in [0, 0.1) is 14.9 Å². The van der Waals surface area contributed by atoms with E-state index < -0.39 is 0 Å². The molecular formula is C10H6INOS. The van der Waals surface area contributed by atoms with E-state index in [1.54, 1.807) is 17.4 Å². The zero-order chi connectivity index (χ0) is 10.1. The van der Waals surface area contributed by atoms with Crippen molar-refractivity contribution in [3.63, 3.8) is 0 Å². The van der Waals surface area contributed by atoms with Crippen LogP contribution in [0.4, 0.5) is 0 Å². The van der Waals surface area contributed by atoms with Gasteiger partial charge in [-0.1, -0.05) is 0 Å². The molecule has 0 saturated heterocycles. The molecule has 1 heterocycles. The molecule has 2 aromatic rings. The Hall–Kier alpha value is -0.640. The summed E-state index contributed by atoms with van der Waals surface area (Å²) in [7, 11) is 0. The minimum Gasteiger partial charge on any atom is -0.392 e. The number of benzene rings is 1. The molecule has 0 amide bonds. The lowest BCUT2D eigenvalue weighted by Crippen LogP contribution is -1.90. The summed E-state index contributed by atoms with van der Waals surface area (Å²) >= 11 is 3.77. The van der Waals surface area contributed by atoms with Gasteiger partial charge in [0.1, 0.15) is 6.07 Å². The average Bonchev–Trinajstić information content (AvgIpc) is 2.68. The molecule has 0 aliphatic carbocycles. The standard InChI is InChI=1S/C10H6INOS/c11-9-7(5-13)3-6(4-12)10-8(9)1-2-14-10/h1-3,13H,5H2. The average molecular weight is 315 g/mol. The fourth-order valence-corrected chi connectivity index (χ4v) is 3.19. The number of fused-ring (bicyclic) bond motifs is 1. The van der Waals surface area contributed by atoms with Gasteiger partial charge in [0.15, 0.2) is 0 Å². The first-order valence-corrected chi connectivity index (χ1v) is 5.93. The molecule has 1 N–H and O–H groups in total. The Labute approximate surface area is 98.9 Å². The predicted molar refractivity (Wildman–Crippen MR) is 65.2 cm³/mol. The number of nitriles is 1. The Kier molecular flexibility index (Phi) is 2.72. The number of nitrogens with zero attached hydrogens (tertiary/aromatic N) is 1. The molecule has 0 unspecified atom stereocenters. The summed E-state index contributed by atoms with van der Waals surface area (Å²) in [5, 5.41) is 21.1. The van der Waals surface area contributed by atoms with E-state index in [4.69, 9.17) is 10.4 Å². The molecule has 1 aromatic carbocycles. The smallest absolute Gasteiger partial charge is 0.101 e. The van der Waals surface area contributed by atoms with Gasteiger partial charge in [0.25, 0.3) is 0 Å². The summed E-state index contributed by atoms with van der Waals surface area (Å²) in [6.07, 6.45) is 0. The van der Waals surface area contributed by atoms with Gasteiger partial charge in [-0.3, -0.25) is 0 Å². The van der Waals surface area contributed by atoms with Crippen LogP contribution in [-0.2, 0) is 6.61 Å². The zero-order valence-corrected chi connectivity index (χ0v) is 10.1. The largest absolute Gasteiger partial charge is 0.392 e. The highest BCUT2D eigenvalue weighted by atomic mass is 127. The van der Waals surface area contributed by atoms with E-state index in [1.807, 2.05) is 11.4 Å². The molecular weight excluding hydrogens is 309 g/mol. The van der Waals surface area contributed by atoms with Gasteiger partial charge >= 0.3 is 0 Å². The Bertz CT molecular complexity index is 527. The molecule has 0 fully saturated rings. The van der Waals surface area contributed by atoms with Crippen molar-refractivity contribution in [3.8, 4) is 6.07 Å².